The molecule has 9 heteroatoms. The first kappa shape index (κ1) is 27.1. The average Bonchev–Trinajstić information content (AvgIpc) is 3.69. The summed E-state index contributed by atoms with van der Waals surface area (Å²) in [6.45, 7) is 0. The number of aromatic nitrogens is 2. The van der Waals surface area contributed by atoms with Gasteiger partial charge >= 0.3 is 29.6 Å². The minimum absolute atomic E-state index is 0. The van der Waals surface area contributed by atoms with Crippen molar-refractivity contribution in [3.8, 4) is 17.1 Å². The molecular weight excluding hydrogens is 530 g/mol. The molecule has 1 saturated carbocycles. The van der Waals surface area contributed by atoms with E-state index in [1.54, 1.807) is 40.9 Å². The van der Waals surface area contributed by atoms with Crippen LogP contribution in [0, 0.1) is 5.82 Å². The second kappa shape index (κ2) is 11.7. The van der Waals surface area contributed by atoms with E-state index in [4.69, 9.17) is 9.72 Å². The van der Waals surface area contributed by atoms with Crippen LogP contribution in [-0.4, -0.2) is 15.5 Å². The fourth-order valence-corrected chi connectivity index (χ4v) is 6.62. The molecule has 0 radical (unpaired) electrons. The minimum Gasteiger partial charge on any atom is -0.545 e. The third-order valence-corrected chi connectivity index (χ3v) is 8.56. The van der Waals surface area contributed by atoms with Gasteiger partial charge in [-0.25, -0.2) is 9.37 Å². The van der Waals surface area contributed by atoms with Crippen LogP contribution in [0.1, 0.15) is 65.0 Å². The number of carbonyl (C=O) groups is 1. The van der Waals surface area contributed by atoms with Crippen molar-refractivity contribution in [2.75, 3.05) is 0 Å². The molecular formula is C29H24FN2NaO3S2. The van der Waals surface area contributed by atoms with Crippen LogP contribution < -0.4 is 39.4 Å². The summed E-state index contributed by atoms with van der Waals surface area (Å²) in [6, 6.07) is 15.9. The van der Waals surface area contributed by atoms with Crippen molar-refractivity contribution in [3.63, 3.8) is 0 Å². The van der Waals surface area contributed by atoms with Gasteiger partial charge in [0.15, 0.2) is 6.10 Å². The Labute approximate surface area is 250 Å². The normalized spacial score (nSPS) is 14.8. The van der Waals surface area contributed by atoms with Crippen LogP contribution in [0.25, 0.3) is 22.4 Å². The van der Waals surface area contributed by atoms with Crippen molar-refractivity contribution in [2.24, 2.45) is 0 Å². The summed E-state index contributed by atoms with van der Waals surface area (Å²) >= 11 is 3.20. The summed E-state index contributed by atoms with van der Waals surface area (Å²) in [4.78, 5) is 17.2. The standard InChI is InChI=1S/C29H25FN2O3S2.Na/c30-23-16-21(35-27(19-12-14-36-17-19)26-7-4-13-37-26)9-10-22(23)28-31-24-15-18(29(33)34)8-11-25(24)32(28)20-5-2-1-3-6-20;/h4,7-17,20,27H,1-3,5-6H2,(H,33,34);/q;+1/p-1. The van der Waals surface area contributed by atoms with Crippen molar-refractivity contribution < 1.29 is 48.6 Å². The summed E-state index contributed by atoms with van der Waals surface area (Å²) in [6.07, 6.45) is 5.03. The van der Waals surface area contributed by atoms with Gasteiger partial charge in [-0.05, 0) is 70.9 Å². The van der Waals surface area contributed by atoms with E-state index < -0.39 is 11.8 Å². The summed E-state index contributed by atoms with van der Waals surface area (Å²) in [5, 5.41) is 17.5. The summed E-state index contributed by atoms with van der Waals surface area (Å²) in [5.41, 5.74) is 2.79. The predicted molar refractivity (Wildman–Crippen MR) is 143 cm³/mol. The maximum atomic E-state index is 15.7. The molecule has 2 aromatic carbocycles. The number of ether oxygens (including phenoxy) is 1. The van der Waals surface area contributed by atoms with Crippen molar-refractivity contribution in [3.05, 3.63) is 92.6 Å². The maximum Gasteiger partial charge on any atom is 1.00 e. The number of benzene rings is 2. The van der Waals surface area contributed by atoms with E-state index in [0.29, 0.717) is 22.7 Å². The summed E-state index contributed by atoms with van der Waals surface area (Å²) in [7, 11) is 0. The molecule has 6 rings (SSSR count). The largest absolute Gasteiger partial charge is 1.00 e. The molecule has 0 bridgehead atoms. The van der Waals surface area contributed by atoms with Gasteiger partial charge in [0, 0.05) is 22.5 Å². The van der Waals surface area contributed by atoms with Gasteiger partial charge in [-0.3, -0.25) is 0 Å². The van der Waals surface area contributed by atoms with Gasteiger partial charge in [-0.1, -0.05) is 31.4 Å². The number of hydrogen-bond acceptors (Lipinski definition) is 6. The molecule has 3 heterocycles. The van der Waals surface area contributed by atoms with E-state index in [1.165, 1.54) is 24.6 Å². The zero-order chi connectivity index (χ0) is 25.4. The zero-order valence-electron chi connectivity index (χ0n) is 20.9. The van der Waals surface area contributed by atoms with E-state index in [1.807, 2.05) is 34.3 Å². The first-order valence-electron chi connectivity index (χ1n) is 12.3. The number of aromatic carboxylic acids is 1. The van der Waals surface area contributed by atoms with Crippen molar-refractivity contribution >= 4 is 39.7 Å². The van der Waals surface area contributed by atoms with E-state index in [0.717, 1.165) is 41.6 Å². The number of imidazole rings is 1. The predicted octanol–water partition coefficient (Wildman–Crippen LogP) is 4.01. The molecule has 1 fully saturated rings. The Morgan fingerprint density at radius 1 is 1.08 bits per heavy atom. The van der Waals surface area contributed by atoms with Gasteiger partial charge in [0.05, 0.1) is 22.6 Å². The molecule has 1 unspecified atom stereocenters. The van der Waals surface area contributed by atoms with Gasteiger partial charge in [-0.15, -0.1) is 11.3 Å². The van der Waals surface area contributed by atoms with Gasteiger partial charge in [-0.2, -0.15) is 11.3 Å². The quantitative estimate of drug-likeness (QED) is 0.285. The van der Waals surface area contributed by atoms with Crippen LogP contribution in [0.4, 0.5) is 4.39 Å². The Hall–Kier alpha value is -2.49. The van der Waals surface area contributed by atoms with Crippen molar-refractivity contribution in [1.29, 1.82) is 0 Å². The maximum absolute atomic E-state index is 15.7. The summed E-state index contributed by atoms with van der Waals surface area (Å²) < 4.78 is 24.1. The molecule has 0 aliphatic heterocycles. The average molecular weight is 555 g/mol. The summed E-state index contributed by atoms with van der Waals surface area (Å²) in [5.74, 6) is -0.742. The Kier molecular flexibility index (Phi) is 8.35. The number of nitrogens with zero attached hydrogens (tertiary/aromatic N) is 2. The smallest absolute Gasteiger partial charge is 0.545 e. The Bertz CT molecular complexity index is 1510. The molecule has 1 aliphatic rings. The molecule has 0 N–H and O–H groups in total. The van der Waals surface area contributed by atoms with Gasteiger partial charge < -0.3 is 19.2 Å². The SMILES string of the molecule is O=C([O-])c1ccc2c(c1)nc(-c1ccc(OC(c3ccsc3)c3cccs3)cc1F)n2C1CCCCC1.[Na+]. The van der Waals surface area contributed by atoms with E-state index in [9.17, 15) is 9.90 Å². The van der Waals surface area contributed by atoms with Crippen LogP contribution in [0.2, 0.25) is 0 Å². The monoisotopic (exact) mass is 554 g/mol. The number of carbonyl (C=O) groups excluding carboxylic acids is 1. The number of fused-ring (bicyclic) bond motifs is 1. The molecule has 3 aromatic heterocycles. The first-order chi connectivity index (χ1) is 18.1. The Morgan fingerprint density at radius 2 is 1.92 bits per heavy atom. The molecule has 1 aliphatic carbocycles. The van der Waals surface area contributed by atoms with Gasteiger partial charge in [0.1, 0.15) is 17.4 Å². The Balaban J connectivity index is 0.00000294. The fraction of sp³-hybridized carbons (Fsp3) is 0.241. The first-order valence-corrected chi connectivity index (χ1v) is 14.2. The third kappa shape index (κ3) is 5.33. The van der Waals surface area contributed by atoms with Crippen LogP contribution in [0.15, 0.2) is 70.7 Å². The van der Waals surface area contributed by atoms with Gasteiger partial charge in [0.25, 0.3) is 0 Å². The van der Waals surface area contributed by atoms with Crippen molar-refractivity contribution in [2.45, 2.75) is 44.2 Å². The number of carboxylic acid groups (broad SMARTS) is 1. The van der Waals surface area contributed by atoms with E-state index in [-0.39, 0.29) is 47.3 Å². The van der Waals surface area contributed by atoms with Crippen LogP contribution >= 0.6 is 22.7 Å². The second-order valence-electron chi connectivity index (χ2n) is 9.30. The molecule has 1 atom stereocenters. The molecule has 38 heavy (non-hydrogen) atoms. The van der Waals surface area contributed by atoms with Crippen LogP contribution in [0.3, 0.4) is 0 Å². The number of thiophene rings is 2. The number of hydrogen-bond donors (Lipinski definition) is 0. The van der Waals surface area contributed by atoms with Gasteiger partial charge in [0.2, 0.25) is 0 Å². The molecule has 5 aromatic rings. The fourth-order valence-electron chi connectivity index (χ4n) is 5.17. The molecule has 0 spiro atoms. The second-order valence-corrected chi connectivity index (χ2v) is 11.1. The number of rotatable bonds is 7. The molecule has 0 saturated heterocycles. The van der Waals surface area contributed by atoms with E-state index in [2.05, 4.69) is 4.57 Å². The minimum atomic E-state index is -1.26. The number of halogens is 1. The zero-order valence-corrected chi connectivity index (χ0v) is 24.6. The molecule has 5 nitrogen and oxygen atoms in total. The van der Waals surface area contributed by atoms with E-state index >= 15 is 4.39 Å². The van der Waals surface area contributed by atoms with Crippen molar-refractivity contribution in [1.82, 2.24) is 9.55 Å². The number of carboxylic acids is 1. The topological polar surface area (TPSA) is 67.2 Å². The Morgan fingerprint density at radius 3 is 2.61 bits per heavy atom. The van der Waals surface area contributed by atoms with Crippen LogP contribution in [-0.2, 0) is 0 Å². The molecule has 0 amide bonds. The third-order valence-electron chi connectivity index (χ3n) is 6.95. The van der Waals surface area contributed by atoms with Crippen LogP contribution in [0.5, 0.6) is 5.75 Å². The molecule has 188 valence electrons.